The van der Waals surface area contributed by atoms with Crippen molar-refractivity contribution < 1.29 is 28.9 Å². The molecule has 0 spiro atoms. The summed E-state index contributed by atoms with van der Waals surface area (Å²) >= 11 is 6.31. The topological polar surface area (TPSA) is 85.3 Å². The summed E-state index contributed by atoms with van der Waals surface area (Å²) in [4.78, 5) is 27.0. The van der Waals surface area contributed by atoms with Gasteiger partial charge >= 0.3 is 11.9 Å². The lowest BCUT2D eigenvalue weighted by Crippen LogP contribution is -2.44. The first-order valence-electron chi connectivity index (χ1n) is 15.3. The van der Waals surface area contributed by atoms with E-state index in [0.29, 0.717) is 31.1 Å². The van der Waals surface area contributed by atoms with Gasteiger partial charge in [0.05, 0.1) is 37.0 Å². The van der Waals surface area contributed by atoms with Crippen molar-refractivity contribution in [3.63, 3.8) is 0 Å². The Labute approximate surface area is 253 Å². The first-order valence-corrected chi connectivity index (χ1v) is 15.7. The molecule has 2 unspecified atom stereocenters. The van der Waals surface area contributed by atoms with Crippen LogP contribution in [0.2, 0.25) is 5.02 Å². The van der Waals surface area contributed by atoms with Crippen LogP contribution in [0.15, 0.2) is 48.0 Å². The molecule has 5 rings (SSSR count). The molecule has 42 heavy (non-hydrogen) atoms. The zero-order chi connectivity index (χ0) is 29.6. The van der Waals surface area contributed by atoms with Crippen LogP contribution in [0.5, 0.6) is 5.75 Å². The predicted octanol–water partition coefficient (Wildman–Crippen LogP) is 6.53. The quantitative estimate of drug-likeness (QED) is 0.288. The molecular weight excluding hydrogens is 554 g/mol. The molecule has 0 saturated heterocycles. The number of halogens is 1. The van der Waals surface area contributed by atoms with Crippen LogP contribution in [-0.2, 0) is 27.3 Å². The summed E-state index contributed by atoms with van der Waals surface area (Å²) in [5.41, 5.74) is 4.74. The van der Waals surface area contributed by atoms with Gasteiger partial charge in [0.25, 0.3) is 0 Å². The smallest absolute Gasteiger partial charge is 0.337 e. The fourth-order valence-electron chi connectivity index (χ4n) is 6.58. The van der Waals surface area contributed by atoms with Crippen LogP contribution in [0.3, 0.4) is 0 Å². The molecule has 1 N–H and O–H groups in total. The van der Waals surface area contributed by atoms with E-state index in [2.05, 4.69) is 11.0 Å². The van der Waals surface area contributed by atoms with Gasteiger partial charge in [-0.2, -0.15) is 0 Å². The van der Waals surface area contributed by atoms with Gasteiger partial charge in [-0.3, -0.25) is 4.79 Å². The molecule has 0 bridgehead atoms. The van der Waals surface area contributed by atoms with E-state index in [0.717, 1.165) is 85.6 Å². The number of benzene rings is 2. The third kappa shape index (κ3) is 6.95. The number of methoxy groups -OCH3 is 1. The number of allylic oxidation sites excluding steroid dienone is 1. The van der Waals surface area contributed by atoms with E-state index >= 15 is 0 Å². The van der Waals surface area contributed by atoms with E-state index in [9.17, 15) is 14.7 Å². The molecule has 2 aromatic rings. The summed E-state index contributed by atoms with van der Waals surface area (Å²) in [6.07, 6.45) is 8.52. The van der Waals surface area contributed by atoms with E-state index in [1.54, 1.807) is 6.07 Å². The molecule has 0 radical (unpaired) electrons. The van der Waals surface area contributed by atoms with Gasteiger partial charge in [0.15, 0.2) is 0 Å². The van der Waals surface area contributed by atoms with Crippen LogP contribution >= 0.6 is 11.6 Å². The second-order valence-electron chi connectivity index (χ2n) is 11.7. The van der Waals surface area contributed by atoms with Crippen molar-refractivity contribution >= 4 is 29.2 Å². The number of hydrogen-bond donors (Lipinski definition) is 1. The lowest BCUT2D eigenvalue weighted by molar-refractivity contribution is -0.148. The molecule has 0 amide bonds. The SMILES string of the molecule is CCOC(=O)C1CC=C(C(O)[C@@H]2CC[C@H]2CN2CCCCc3cc(Cl)ccc3COc3ccc(C(=O)OC)cc32)CC1. The lowest BCUT2D eigenvalue weighted by Gasteiger charge is -2.44. The molecule has 1 fully saturated rings. The minimum absolute atomic E-state index is 0.112. The maximum Gasteiger partial charge on any atom is 0.337 e. The Hall–Kier alpha value is -3.03. The normalized spacial score (nSPS) is 23.1. The summed E-state index contributed by atoms with van der Waals surface area (Å²) in [5.74, 6) is 0.560. The van der Waals surface area contributed by atoms with Crippen LogP contribution in [0.1, 0.15) is 73.4 Å². The van der Waals surface area contributed by atoms with Crippen LogP contribution in [0.4, 0.5) is 5.69 Å². The van der Waals surface area contributed by atoms with Crippen molar-refractivity contribution in [2.45, 2.75) is 71.0 Å². The van der Waals surface area contributed by atoms with Crippen molar-refractivity contribution in [3.05, 3.63) is 69.8 Å². The fourth-order valence-corrected chi connectivity index (χ4v) is 6.77. The number of aliphatic hydroxyl groups is 1. The summed E-state index contributed by atoms with van der Waals surface area (Å²) in [6, 6.07) is 11.5. The predicted molar refractivity (Wildman–Crippen MR) is 163 cm³/mol. The number of carbonyl (C=O) groups is 2. The monoisotopic (exact) mass is 595 g/mol. The maximum absolute atomic E-state index is 12.5. The number of anilines is 1. The average molecular weight is 596 g/mol. The molecule has 3 aliphatic rings. The van der Waals surface area contributed by atoms with Crippen LogP contribution in [0.25, 0.3) is 0 Å². The maximum atomic E-state index is 12.5. The second-order valence-corrected chi connectivity index (χ2v) is 12.2. The molecule has 7 nitrogen and oxygen atoms in total. The molecule has 0 aromatic heterocycles. The van der Waals surface area contributed by atoms with Crippen molar-refractivity contribution in [2.75, 3.05) is 31.7 Å². The van der Waals surface area contributed by atoms with Crippen molar-refractivity contribution in [1.82, 2.24) is 0 Å². The van der Waals surface area contributed by atoms with Gasteiger partial charge in [-0.05, 0) is 117 Å². The number of rotatable bonds is 7. The van der Waals surface area contributed by atoms with Gasteiger partial charge in [-0.1, -0.05) is 23.7 Å². The van der Waals surface area contributed by atoms with Crippen LogP contribution < -0.4 is 9.64 Å². The number of ether oxygens (including phenoxy) is 3. The Kier molecular flexibility index (Phi) is 10.1. The zero-order valence-electron chi connectivity index (χ0n) is 24.6. The first kappa shape index (κ1) is 30.4. The fraction of sp³-hybridized carbons (Fsp3) is 0.529. The summed E-state index contributed by atoms with van der Waals surface area (Å²) < 4.78 is 16.6. The van der Waals surface area contributed by atoms with E-state index in [1.807, 2.05) is 37.3 Å². The van der Waals surface area contributed by atoms with Gasteiger partial charge in [0.2, 0.25) is 0 Å². The molecule has 8 heteroatoms. The third-order valence-corrected chi connectivity index (χ3v) is 9.41. The van der Waals surface area contributed by atoms with Gasteiger partial charge in [0, 0.05) is 18.1 Å². The number of hydrogen-bond acceptors (Lipinski definition) is 7. The third-order valence-electron chi connectivity index (χ3n) is 9.18. The minimum Gasteiger partial charge on any atom is -0.487 e. The van der Waals surface area contributed by atoms with Gasteiger partial charge in [-0.25, -0.2) is 4.79 Å². The largest absolute Gasteiger partial charge is 0.487 e. The van der Waals surface area contributed by atoms with Crippen LogP contribution in [-0.4, -0.2) is 50.0 Å². The Balaban J connectivity index is 1.35. The number of fused-ring (bicyclic) bond motifs is 2. The number of esters is 2. The highest BCUT2D eigenvalue weighted by atomic mass is 35.5. The van der Waals surface area contributed by atoms with Gasteiger partial charge < -0.3 is 24.2 Å². The van der Waals surface area contributed by atoms with Crippen LogP contribution in [0, 0.1) is 17.8 Å². The molecule has 1 saturated carbocycles. The zero-order valence-corrected chi connectivity index (χ0v) is 25.4. The summed E-state index contributed by atoms with van der Waals surface area (Å²) in [5, 5.41) is 12.1. The molecule has 1 aliphatic heterocycles. The van der Waals surface area contributed by atoms with E-state index < -0.39 is 6.10 Å². The number of aliphatic hydroxyl groups excluding tert-OH is 1. The minimum atomic E-state index is -0.507. The van der Waals surface area contributed by atoms with Gasteiger partial charge in [-0.15, -0.1) is 0 Å². The second kappa shape index (κ2) is 14.0. The molecule has 226 valence electrons. The number of aryl methyl sites for hydroxylation is 1. The summed E-state index contributed by atoms with van der Waals surface area (Å²) in [6.45, 7) is 4.21. The van der Waals surface area contributed by atoms with E-state index in [1.165, 1.54) is 12.7 Å². The van der Waals surface area contributed by atoms with E-state index in [-0.39, 0.29) is 23.8 Å². The Morgan fingerprint density at radius 1 is 1.10 bits per heavy atom. The number of nitrogens with zero attached hydrogens (tertiary/aromatic N) is 1. The number of carbonyl (C=O) groups excluding carboxylic acids is 2. The highest BCUT2D eigenvalue weighted by molar-refractivity contribution is 6.30. The van der Waals surface area contributed by atoms with Crippen molar-refractivity contribution in [1.29, 1.82) is 0 Å². The Morgan fingerprint density at radius 2 is 1.95 bits per heavy atom. The highest BCUT2D eigenvalue weighted by Crippen LogP contribution is 2.43. The average Bonchev–Trinajstić information content (AvgIpc) is 3.02. The summed E-state index contributed by atoms with van der Waals surface area (Å²) in [7, 11) is 1.39. The molecule has 1 heterocycles. The van der Waals surface area contributed by atoms with E-state index in [4.69, 9.17) is 25.8 Å². The van der Waals surface area contributed by atoms with Crippen molar-refractivity contribution in [3.8, 4) is 5.75 Å². The standard InChI is InChI=1S/C34H42ClNO6/c1-3-41-34(39)23-9-7-22(8-10-23)32(37)29-15-12-26(29)20-36-17-5-4-6-24-18-28(35)14-11-27(24)21-42-31-16-13-25(19-30(31)36)33(38)40-2/h7,11,13-14,16,18-19,23,26,29,32,37H,3-6,8-10,12,15,17,20-21H2,1-2H3/t23?,26-,29+,32?/m0/s1. The molecule has 4 atom stereocenters. The van der Waals surface area contributed by atoms with Crippen molar-refractivity contribution in [2.24, 2.45) is 17.8 Å². The lowest BCUT2D eigenvalue weighted by atomic mass is 9.67. The Morgan fingerprint density at radius 3 is 2.67 bits per heavy atom. The first-order chi connectivity index (χ1) is 20.4. The Bertz CT molecular complexity index is 1310. The molecule has 2 aliphatic carbocycles. The molecular formula is C34H42ClNO6. The van der Waals surface area contributed by atoms with Gasteiger partial charge in [0.1, 0.15) is 12.4 Å². The molecule has 2 aromatic carbocycles. The highest BCUT2D eigenvalue weighted by Gasteiger charge is 2.40.